The number of nitrogens with one attached hydrogen (secondary N) is 1. The van der Waals surface area contributed by atoms with Gasteiger partial charge in [0.2, 0.25) is 0 Å². The summed E-state index contributed by atoms with van der Waals surface area (Å²) in [6, 6.07) is 9.71. The minimum atomic E-state index is -0.403. The van der Waals surface area contributed by atoms with Crippen LogP contribution < -0.4 is 5.32 Å². The van der Waals surface area contributed by atoms with Gasteiger partial charge in [-0.1, -0.05) is 18.2 Å². The van der Waals surface area contributed by atoms with Crippen molar-refractivity contribution in [3.63, 3.8) is 0 Å². The summed E-state index contributed by atoms with van der Waals surface area (Å²) in [4.78, 5) is 14.0. The van der Waals surface area contributed by atoms with Crippen LogP contribution in [-0.2, 0) is 0 Å². The van der Waals surface area contributed by atoms with Crippen LogP contribution in [0.25, 0.3) is 11.0 Å². The van der Waals surface area contributed by atoms with E-state index in [-0.39, 0.29) is 12.1 Å². The van der Waals surface area contributed by atoms with Gasteiger partial charge in [0, 0.05) is 19.0 Å². The summed E-state index contributed by atoms with van der Waals surface area (Å²) in [5, 5.41) is 13.5. The molecule has 1 heterocycles. The molecule has 5 nitrogen and oxygen atoms in total. The molecule has 2 amide bonds. The molecule has 0 unspecified atom stereocenters. The van der Waals surface area contributed by atoms with Crippen LogP contribution in [0.4, 0.5) is 4.79 Å². The van der Waals surface area contributed by atoms with Gasteiger partial charge in [0.25, 0.3) is 0 Å². The number of hydrogen-bond donors (Lipinski definition) is 2. The van der Waals surface area contributed by atoms with Crippen molar-refractivity contribution in [1.82, 2.24) is 10.2 Å². The predicted octanol–water partition coefficient (Wildman–Crippen LogP) is 3.30. The highest BCUT2D eigenvalue weighted by Crippen LogP contribution is 2.42. The van der Waals surface area contributed by atoms with Gasteiger partial charge in [0.05, 0.1) is 12.1 Å². The highest BCUT2D eigenvalue weighted by atomic mass is 16.3. The van der Waals surface area contributed by atoms with Crippen molar-refractivity contribution < 1.29 is 14.3 Å². The van der Waals surface area contributed by atoms with Gasteiger partial charge in [-0.15, -0.1) is 0 Å². The van der Waals surface area contributed by atoms with Gasteiger partial charge in [0.1, 0.15) is 11.3 Å². The zero-order chi connectivity index (χ0) is 16.4. The van der Waals surface area contributed by atoms with Crippen molar-refractivity contribution in [2.75, 3.05) is 13.6 Å². The fraction of sp³-hybridized carbons (Fsp3) is 0.500. The van der Waals surface area contributed by atoms with Crippen LogP contribution in [0.15, 0.2) is 34.7 Å². The maximum Gasteiger partial charge on any atom is 0.317 e. The number of amides is 2. The molecule has 124 valence electrons. The van der Waals surface area contributed by atoms with Gasteiger partial charge < -0.3 is 19.7 Å². The second kappa shape index (κ2) is 6.62. The normalized spacial score (nSPS) is 17.0. The van der Waals surface area contributed by atoms with Crippen molar-refractivity contribution in [1.29, 1.82) is 0 Å². The van der Waals surface area contributed by atoms with E-state index in [1.807, 2.05) is 30.3 Å². The molecule has 1 aliphatic rings. The number of aliphatic hydroxyl groups excluding tert-OH is 1. The molecule has 0 saturated heterocycles. The van der Waals surface area contributed by atoms with Crippen molar-refractivity contribution >= 4 is 17.0 Å². The summed E-state index contributed by atoms with van der Waals surface area (Å²) in [6.45, 7) is 2.26. The molecule has 2 atom stereocenters. The molecule has 0 radical (unpaired) electrons. The van der Waals surface area contributed by atoms with E-state index >= 15 is 0 Å². The first-order valence-corrected chi connectivity index (χ1v) is 8.23. The molecule has 2 aromatic rings. The first kappa shape index (κ1) is 15.9. The van der Waals surface area contributed by atoms with E-state index in [4.69, 9.17) is 4.42 Å². The molecule has 1 saturated carbocycles. The molecule has 1 aromatic heterocycles. The maximum atomic E-state index is 12.4. The number of fused-ring (bicyclic) bond motifs is 1. The molecular weight excluding hydrogens is 292 g/mol. The Morgan fingerprint density at radius 1 is 1.43 bits per heavy atom. The Kier molecular flexibility index (Phi) is 4.57. The van der Waals surface area contributed by atoms with Crippen LogP contribution in [0.1, 0.15) is 38.0 Å². The Morgan fingerprint density at radius 2 is 2.17 bits per heavy atom. The van der Waals surface area contributed by atoms with Crippen LogP contribution in [0, 0.1) is 5.92 Å². The minimum absolute atomic E-state index is 0.0797. The Labute approximate surface area is 136 Å². The van der Waals surface area contributed by atoms with Gasteiger partial charge in [-0.3, -0.25) is 0 Å². The minimum Gasteiger partial charge on any atom is -0.459 e. The third kappa shape index (κ3) is 3.85. The number of aliphatic hydroxyl groups is 1. The number of carbonyl (C=O) groups is 1. The number of carbonyl (C=O) groups excluding carboxylic acids is 1. The average molecular weight is 316 g/mol. The molecule has 23 heavy (non-hydrogen) atoms. The summed E-state index contributed by atoms with van der Waals surface area (Å²) in [5.41, 5.74) is 0.852. The smallest absolute Gasteiger partial charge is 0.317 e. The lowest BCUT2D eigenvalue weighted by atomic mass is 10.1. The fourth-order valence-electron chi connectivity index (χ4n) is 2.73. The van der Waals surface area contributed by atoms with E-state index in [2.05, 4.69) is 5.32 Å². The third-order valence-electron chi connectivity index (χ3n) is 4.35. The van der Waals surface area contributed by atoms with Crippen LogP contribution >= 0.6 is 0 Å². The fourth-order valence-corrected chi connectivity index (χ4v) is 2.73. The van der Waals surface area contributed by atoms with E-state index in [0.717, 1.165) is 29.6 Å². The largest absolute Gasteiger partial charge is 0.459 e. The van der Waals surface area contributed by atoms with Crippen molar-refractivity contribution in [2.45, 2.75) is 38.3 Å². The molecule has 0 aliphatic heterocycles. The lowest BCUT2D eigenvalue weighted by Gasteiger charge is -2.23. The molecular formula is C18H24N2O3. The monoisotopic (exact) mass is 316 g/mol. The first-order chi connectivity index (χ1) is 11.0. The average Bonchev–Trinajstić information content (AvgIpc) is 3.27. The van der Waals surface area contributed by atoms with E-state index in [9.17, 15) is 9.90 Å². The number of hydrogen-bond acceptors (Lipinski definition) is 3. The van der Waals surface area contributed by atoms with Crippen molar-refractivity contribution in [2.24, 2.45) is 5.92 Å². The van der Waals surface area contributed by atoms with Gasteiger partial charge >= 0.3 is 6.03 Å². The second-order valence-electron chi connectivity index (χ2n) is 6.51. The Morgan fingerprint density at radius 3 is 2.83 bits per heavy atom. The van der Waals surface area contributed by atoms with Crippen LogP contribution in [0.2, 0.25) is 0 Å². The van der Waals surface area contributed by atoms with Gasteiger partial charge in [-0.2, -0.15) is 0 Å². The summed E-state index contributed by atoms with van der Waals surface area (Å²) < 4.78 is 5.94. The van der Waals surface area contributed by atoms with E-state index in [1.165, 1.54) is 0 Å². The van der Waals surface area contributed by atoms with Gasteiger partial charge in [-0.25, -0.2) is 4.79 Å². The molecule has 3 rings (SSSR count). The third-order valence-corrected chi connectivity index (χ3v) is 4.35. The zero-order valence-corrected chi connectivity index (χ0v) is 13.7. The lowest BCUT2D eigenvalue weighted by molar-refractivity contribution is 0.161. The van der Waals surface area contributed by atoms with E-state index in [0.29, 0.717) is 18.9 Å². The Balaban J connectivity index is 1.70. The summed E-state index contributed by atoms with van der Waals surface area (Å²) in [5.74, 6) is 1.27. The number of urea groups is 1. The topological polar surface area (TPSA) is 65.7 Å². The summed E-state index contributed by atoms with van der Waals surface area (Å²) in [7, 11) is 1.75. The first-order valence-electron chi connectivity index (χ1n) is 8.23. The maximum absolute atomic E-state index is 12.4. The highest BCUT2D eigenvalue weighted by Gasteiger charge is 2.36. The predicted molar refractivity (Wildman–Crippen MR) is 89.1 cm³/mol. The van der Waals surface area contributed by atoms with Crippen LogP contribution in [-0.4, -0.2) is 35.7 Å². The molecule has 1 aromatic carbocycles. The van der Waals surface area contributed by atoms with E-state index < -0.39 is 6.10 Å². The number of furan rings is 1. The summed E-state index contributed by atoms with van der Waals surface area (Å²) in [6.07, 6.45) is 2.39. The van der Waals surface area contributed by atoms with Crippen molar-refractivity contribution in [3.8, 4) is 0 Å². The zero-order valence-electron chi connectivity index (χ0n) is 13.7. The molecule has 1 aliphatic carbocycles. The number of nitrogens with zero attached hydrogens (tertiary/aromatic N) is 1. The van der Waals surface area contributed by atoms with Gasteiger partial charge in [-0.05, 0) is 44.2 Å². The number of benzene rings is 1. The quantitative estimate of drug-likeness (QED) is 0.859. The second-order valence-corrected chi connectivity index (χ2v) is 6.51. The van der Waals surface area contributed by atoms with E-state index in [1.54, 1.807) is 18.9 Å². The standard InChI is InChI=1S/C18H24N2O3/c1-12(21)9-10-20(2)18(22)19-17(13-7-8-13)16-11-14-5-3-4-6-15(14)23-16/h3-6,11-13,17,21H,7-10H2,1-2H3,(H,19,22)/t12-,17-/m0/s1. The molecule has 5 heteroatoms. The molecule has 1 fully saturated rings. The SMILES string of the molecule is C[C@H](O)CCN(C)C(=O)N[C@H](c1cc2ccccc2o1)C1CC1. The molecule has 0 bridgehead atoms. The Bertz CT molecular complexity index is 643. The lowest BCUT2D eigenvalue weighted by Crippen LogP contribution is -2.41. The molecule has 0 spiro atoms. The van der Waals surface area contributed by atoms with Crippen LogP contribution in [0.3, 0.4) is 0 Å². The number of rotatable bonds is 6. The molecule has 2 N–H and O–H groups in total. The number of para-hydroxylation sites is 1. The van der Waals surface area contributed by atoms with Crippen LogP contribution in [0.5, 0.6) is 0 Å². The Hall–Kier alpha value is -2.01. The van der Waals surface area contributed by atoms with Crippen molar-refractivity contribution in [3.05, 3.63) is 36.1 Å². The summed E-state index contributed by atoms with van der Waals surface area (Å²) >= 11 is 0. The highest BCUT2D eigenvalue weighted by molar-refractivity contribution is 5.78. The van der Waals surface area contributed by atoms with Gasteiger partial charge in [0.15, 0.2) is 0 Å².